The second kappa shape index (κ2) is 13.0. The predicted octanol–water partition coefficient (Wildman–Crippen LogP) is 4.88. The highest BCUT2D eigenvalue weighted by Gasteiger charge is 2.21. The first-order chi connectivity index (χ1) is 21.4. The Hall–Kier alpha value is -3.84. The molecule has 0 aliphatic carbocycles. The second-order valence-electron chi connectivity index (χ2n) is 10.7. The molecule has 4 heterocycles. The Kier molecular flexibility index (Phi) is 8.94. The Balaban J connectivity index is 1.30. The zero-order chi connectivity index (χ0) is 30.8. The van der Waals surface area contributed by atoms with Crippen molar-refractivity contribution in [3.05, 3.63) is 76.3 Å². The molecule has 0 bridgehead atoms. The van der Waals surface area contributed by atoms with Crippen molar-refractivity contribution in [2.24, 2.45) is 0 Å². The summed E-state index contributed by atoms with van der Waals surface area (Å²) in [6, 6.07) is 12.8. The quantitative estimate of drug-likeness (QED) is 0.154. The molecular weight excluding hydrogens is 601 g/mol. The molecule has 228 valence electrons. The van der Waals surface area contributed by atoms with E-state index in [0.29, 0.717) is 69.2 Å². The fourth-order valence-corrected chi connectivity index (χ4v) is 7.46. The number of hydrogen-bond donors (Lipinski definition) is 2. The topological polar surface area (TPSA) is 127 Å². The summed E-state index contributed by atoms with van der Waals surface area (Å²) in [7, 11) is 5.05. The number of aliphatic hydroxyl groups is 2. The normalized spacial score (nSPS) is 13.2. The fourth-order valence-electron chi connectivity index (χ4n) is 5.37. The van der Waals surface area contributed by atoms with Gasteiger partial charge in [-0.2, -0.15) is 0 Å². The Morgan fingerprint density at radius 1 is 1.02 bits per heavy atom. The van der Waals surface area contributed by atoms with Gasteiger partial charge in [-0.25, -0.2) is 4.98 Å². The summed E-state index contributed by atoms with van der Waals surface area (Å²) in [5, 5.41) is 23.5. The lowest BCUT2D eigenvalue weighted by Gasteiger charge is -2.21. The lowest BCUT2D eigenvalue weighted by molar-refractivity contribution is -0.130. The SMILES string of the molecule is CC(CCC(=O)N(C)CCn1c(=O)c2cc(CO)c(CO)cc2c2cnc3cc4c(cc3c21)OCO4)SSc1ccccn1. The van der Waals surface area contributed by atoms with E-state index >= 15 is 0 Å². The van der Waals surface area contributed by atoms with Crippen LogP contribution in [0.5, 0.6) is 11.5 Å². The number of ether oxygens (including phenoxy) is 2. The molecule has 1 unspecified atom stereocenters. The standard InChI is InChI=1S/C32H32N4O6S2/c1-19(43-44-29-5-3-4-8-33-29)6-7-30(39)35(2)9-10-36-31-24-13-27-28(42-18-41-27)14-26(24)34-15-25(31)22-11-20(16-37)21(17-38)12-23(22)32(36)40/h3-5,8,11-15,19,37-38H,6-7,9-10,16-18H2,1-2H3. The molecule has 0 saturated carbocycles. The average Bonchev–Trinajstić information content (AvgIpc) is 3.52. The van der Waals surface area contributed by atoms with Crippen molar-refractivity contribution in [2.75, 3.05) is 20.4 Å². The number of hydrogen-bond acceptors (Lipinski definition) is 10. The van der Waals surface area contributed by atoms with Crippen LogP contribution in [0.2, 0.25) is 0 Å². The maximum absolute atomic E-state index is 14.1. The van der Waals surface area contributed by atoms with E-state index in [0.717, 1.165) is 10.4 Å². The molecule has 1 amide bonds. The first-order valence-electron chi connectivity index (χ1n) is 14.3. The van der Waals surface area contributed by atoms with Crippen molar-refractivity contribution in [1.82, 2.24) is 19.4 Å². The van der Waals surface area contributed by atoms with Crippen LogP contribution in [0.25, 0.3) is 32.6 Å². The Labute approximate surface area is 261 Å². The van der Waals surface area contributed by atoms with Crippen LogP contribution in [-0.4, -0.2) is 61.2 Å². The van der Waals surface area contributed by atoms with Crippen molar-refractivity contribution in [3.8, 4) is 11.5 Å². The molecule has 44 heavy (non-hydrogen) atoms. The fraction of sp³-hybridized carbons (Fsp3) is 0.312. The molecule has 2 aromatic carbocycles. The van der Waals surface area contributed by atoms with Crippen LogP contribution >= 0.6 is 21.6 Å². The van der Waals surface area contributed by atoms with Gasteiger partial charge in [0.1, 0.15) is 5.03 Å². The molecule has 0 spiro atoms. The van der Waals surface area contributed by atoms with E-state index in [1.54, 1.807) is 68.7 Å². The minimum Gasteiger partial charge on any atom is -0.454 e. The van der Waals surface area contributed by atoms with E-state index in [-0.39, 0.29) is 43.3 Å². The molecule has 0 saturated heterocycles. The molecule has 3 aromatic heterocycles. The van der Waals surface area contributed by atoms with Crippen LogP contribution in [0.3, 0.4) is 0 Å². The van der Waals surface area contributed by atoms with Crippen LogP contribution in [0.4, 0.5) is 0 Å². The Bertz CT molecular complexity index is 1920. The summed E-state index contributed by atoms with van der Waals surface area (Å²) in [6.45, 7) is 2.19. The molecule has 10 nitrogen and oxygen atoms in total. The molecule has 5 aromatic rings. The number of likely N-dealkylation sites (N-methyl/N-ethyl adjacent to an activating group) is 1. The van der Waals surface area contributed by atoms with Crippen molar-refractivity contribution in [2.45, 2.75) is 49.8 Å². The highest BCUT2D eigenvalue weighted by atomic mass is 33.1. The van der Waals surface area contributed by atoms with E-state index in [2.05, 4.69) is 16.9 Å². The summed E-state index contributed by atoms with van der Waals surface area (Å²) >= 11 is 0. The molecule has 12 heteroatoms. The van der Waals surface area contributed by atoms with E-state index in [9.17, 15) is 19.8 Å². The number of pyridine rings is 3. The van der Waals surface area contributed by atoms with Gasteiger partial charge in [0, 0.05) is 66.4 Å². The third-order valence-electron chi connectivity index (χ3n) is 7.83. The molecule has 1 aliphatic heterocycles. The van der Waals surface area contributed by atoms with Gasteiger partial charge in [-0.1, -0.05) is 23.8 Å². The summed E-state index contributed by atoms with van der Waals surface area (Å²) in [6.07, 6.45) is 4.59. The molecule has 2 N–H and O–H groups in total. The number of benzene rings is 2. The van der Waals surface area contributed by atoms with E-state index < -0.39 is 0 Å². The number of carbonyl (C=O) groups is 1. The Morgan fingerprint density at radius 2 is 1.77 bits per heavy atom. The van der Waals surface area contributed by atoms with Gasteiger partial charge < -0.3 is 29.2 Å². The van der Waals surface area contributed by atoms with E-state index in [1.807, 2.05) is 24.3 Å². The largest absolute Gasteiger partial charge is 0.454 e. The number of aromatic nitrogens is 3. The van der Waals surface area contributed by atoms with Crippen molar-refractivity contribution in [3.63, 3.8) is 0 Å². The summed E-state index contributed by atoms with van der Waals surface area (Å²) in [5.41, 5.74) is 2.07. The average molecular weight is 633 g/mol. The highest BCUT2D eigenvalue weighted by Crippen LogP contribution is 2.39. The van der Waals surface area contributed by atoms with Crippen LogP contribution in [0.15, 0.2) is 64.7 Å². The van der Waals surface area contributed by atoms with Crippen molar-refractivity contribution >= 4 is 60.1 Å². The van der Waals surface area contributed by atoms with Crippen LogP contribution in [-0.2, 0) is 24.6 Å². The number of fused-ring (bicyclic) bond motifs is 6. The van der Waals surface area contributed by atoms with Gasteiger partial charge in [0.05, 0.1) is 24.2 Å². The maximum atomic E-state index is 14.1. The third kappa shape index (κ3) is 5.94. The van der Waals surface area contributed by atoms with Gasteiger partial charge in [0.2, 0.25) is 12.7 Å². The molecule has 0 fully saturated rings. The molecule has 1 aliphatic rings. The minimum atomic E-state index is -0.308. The van der Waals surface area contributed by atoms with Crippen LogP contribution < -0.4 is 15.0 Å². The van der Waals surface area contributed by atoms with Crippen LogP contribution in [0, 0.1) is 0 Å². The van der Waals surface area contributed by atoms with Gasteiger partial charge in [-0.3, -0.25) is 14.6 Å². The lowest BCUT2D eigenvalue weighted by Crippen LogP contribution is -2.33. The van der Waals surface area contributed by atoms with E-state index in [4.69, 9.17) is 9.47 Å². The molecule has 1 atom stereocenters. The van der Waals surface area contributed by atoms with Crippen LogP contribution in [0.1, 0.15) is 30.9 Å². The lowest BCUT2D eigenvalue weighted by atomic mass is 9.98. The summed E-state index contributed by atoms with van der Waals surface area (Å²) in [4.78, 5) is 37.9. The number of rotatable bonds is 11. The first kappa shape index (κ1) is 30.2. The number of nitrogens with zero attached hydrogens (tertiary/aromatic N) is 4. The Morgan fingerprint density at radius 3 is 2.50 bits per heavy atom. The van der Waals surface area contributed by atoms with Gasteiger partial charge >= 0.3 is 0 Å². The number of amides is 1. The smallest absolute Gasteiger partial charge is 0.259 e. The van der Waals surface area contributed by atoms with E-state index in [1.165, 1.54) is 0 Å². The van der Waals surface area contributed by atoms with Gasteiger partial charge in [-0.15, -0.1) is 0 Å². The van der Waals surface area contributed by atoms with Gasteiger partial charge in [0.15, 0.2) is 11.5 Å². The third-order valence-corrected chi connectivity index (χ3v) is 10.7. The highest BCUT2D eigenvalue weighted by molar-refractivity contribution is 8.76. The molecule has 0 radical (unpaired) electrons. The zero-order valence-electron chi connectivity index (χ0n) is 24.4. The van der Waals surface area contributed by atoms with Crippen molar-refractivity contribution in [1.29, 1.82) is 0 Å². The molecular formula is C32H32N4O6S2. The summed E-state index contributed by atoms with van der Waals surface area (Å²) < 4.78 is 12.9. The number of aliphatic hydroxyl groups excluding tert-OH is 2. The van der Waals surface area contributed by atoms with Crippen molar-refractivity contribution < 1.29 is 24.5 Å². The van der Waals surface area contributed by atoms with Gasteiger partial charge in [-0.05, 0) is 64.1 Å². The maximum Gasteiger partial charge on any atom is 0.259 e. The second-order valence-corrected chi connectivity index (χ2v) is 13.4. The molecule has 6 rings (SSSR count). The zero-order valence-corrected chi connectivity index (χ0v) is 26.0. The predicted molar refractivity (Wildman–Crippen MR) is 173 cm³/mol. The van der Waals surface area contributed by atoms with Gasteiger partial charge in [0.25, 0.3) is 5.56 Å². The number of carbonyl (C=O) groups excluding carboxylic acids is 1. The minimum absolute atomic E-state index is 0.00322. The summed E-state index contributed by atoms with van der Waals surface area (Å²) in [5.74, 6) is 1.16. The first-order valence-corrected chi connectivity index (χ1v) is 16.5. The monoisotopic (exact) mass is 632 g/mol.